The van der Waals surface area contributed by atoms with Gasteiger partial charge in [0.05, 0.1) is 0 Å². The van der Waals surface area contributed by atoms with E-state index in [1.54, 1.807) is 0 Å². The molecule has 1 aliphatic heterocycles. The minimum Gasteiger partial charge on any atom is -0.326 e. The molecule has 3 heteroatoms. The van der Waals surface area contributed by atoms with Gasteiger partial charge in [0.1, 0.15) is 0 Å². The SMILES string of the molecule is O=C1CCc2cc3c(cc2N1)C(=O)c1ccccc1-3. The Labute approximate surface area is 110 Å². The lowest BCUT2D eigenvalue weighted by molar-refractivity contribution is -0.116. The highest BCUT2D eigenvalue weighted by atomic mass is 16.1. The van der Waals surface area contributed by atoms with E-state index in [0.29, 0.717) is 12.0 Å². The van der Waals surface area contributed by atoms with Crippen molar-refractivity contribution in [3.05, 3.63) is 53.1 Å². The van der Waals surface area contributed by atoms with Crippen molar-refractivity contribution in [3.63, 3.8) is 0 Å². The van der Waals surface area contributed by atoms with Crippen molar-refractivity contribution in [2.24, 2.45) is 0 Å². The van der Waals surface area contributed by atoms with E-state index in [1.807, 2.05) is 36.4 Å². The Bertz CT molecular complexity index is 746. The van der Waals surface area contributed by atoms with Crippen LogP contribution in [0.15, 0.2) is 36.4 Å². The summed E-state index contributed by atoms with van der Waals surface area (Å²) in [4.78, 5) is 23.8. The Kier molecular flexibility index (Phi) is 1.96. The van der Waals surface area contributed by atoms with Crippen LogP contribution < -0.4 is 5.32 Å². The molecule has 0 saturated carbocycles. The molecule has 1 heterocycles. The third-order valence-electron chi connectivity index (χ3n) is 3.85. The molecule has 0 unspecified atom stereocenters. The highest BCUT2D eigenvalue weighted by molar-refractivity contribution is 6.22. The molecule has 0 aromatic heterocycles. The van der Waals surface area contributed by atoms with Crippen LogP contribution in [0, 0.1) is 0 Å². The first-order chi connectivity index (χ1) is 9.24. The molecule has 3 nitrogen and oxygen atoms in total. The van der Waals surface area contributed by atoms with E-state index in [1.165, 1.54) is 0 Å². The Balaban J connectivity index is 1.97. The quantitative estimate of drug-likeness (QED) is 0.666. The van der Waals surface area contributed by atoms with Crippen LogP contribution in [0.25, 0.3) is 11.1 Å². The molecule has 1 N–H and O–H groups in total. The van der Waals surface area contributed by atoms with Gasteiger partial charge in [-0.3, -0.25) is 9.59 Å². The summed E-state index contributed by atoms with van der Waals surface area (Å²) in [7, 11) is 0. The maximum absolute atomic E-state index is 12.3. The number of hydrogen-bond acceptors (Lipinski definition) is 2. The van der Waals surface area contributed by atoms with Crippen LogP contribution in [-0.2, 0) is 11.2 Å². The van der Waals surface area contributed by atoms with Gasteiger partial charge in [0, 0.05) is 23.2 Å². The van der Waals surface area contributed by atoms with E-state index in [0.717, 1.165) is 34.4 Å². The Morgan fingerprint density at radius 2 is 1.63 bits per heavy atom. The molecule has 4 rings (SSSR count). The average Bonchev–Trinajstić information content (AvgIpc) is 2.70. The van der Waals surface area contributed by atoms with Gasteiger partial charge >= 0.3 is 0 Å². The number of fused-ring (bicyclic) bond motifs is 4. The maximum Gasteiger partial charge on any atom is 0.224 e. The number of benzene rings is 2. The van der Waals surface area contributed by atoms with Crippen molar-refractivity contribution >= 4 is 17.4 Å². The molecule has 1 aliphatic carbocycles. The molecule has 0 fully saturated rings. The lowest BCUT2D eigenvalue weighted by Gasteiger charge is -2.18. The number of ketones is 1. The monoisotopic (exact) mass is 249 g/mol. The first kappa shape index (κ1) is 10.5. The fraction of sp³-hybridized carbons (Fsp3) is 0.125. The highest BCUT2D eigenvalue weighted by Crippen LogP contribution is 2.40. The summed E-state index contributed by atoms with van der Waals surface area (Å²) in [6, 6.07) is 11.5. The molecule has 0 atom stereocenters. The van der Waals surface area contributed by atoms with Crippen LogP contribution in [0.2, 0.25) is 0 Å². The molecule has 0 bridgehead atoms. The molecule has 2 aliphatic rings. The second kappa shape index (κ2) is 3.54. The predicted molar refractivity (Wildman–Crippen MR) is 72.3 cm³/mol. The van der Waals surface area contributed by atoms with Gasteiger partial charge in [-0.2, -0.15) is 0 Å². The first-order valence-electron chi connectivity index (χ1n) is 6.35. The van der Waals surface area contributed by atoms with Crippen LogP contribution in [0.3, 0.4) is 0 Å². The summed E-state index contributed by atoms with van der Waals surface area (Å²) in [5, 5.41) is 2.85. The first-order valence-corrected chi connectivity index (χ1v) is 6.35. The molecule has 92 valence electrons. The molecule has 19 heavy (non-hydrogen) atoms. The van der Waals surface area contributed by atoms with Crippen molar-refractivity contribution in [1.82, 2.24) is 0 Å². The minimum atomic E-state index is 0.0235. The van der Waals surface area contributed by atoms with Gasteiger partial charge in [0.25, 0.3) is 0 Å². The smallest absolute Gasteiger partial charge is 0.224 e. The summed E-state index contributed by atoms with van der Waals surface area (Å²) in [6.45, 7) is 0. The van der Waals surface area contributed by atoms with Crippen LogP contribution in [-0.4, -0.2) is 11.7 Å². The largest absolute Gasteiger partial charge is 0.326 e. The Morgan fingerprint density at radius 3 is 2.47 bits per heavy atom. The number of hydrogen-bond donors (Lipinski definition) is 1. The molecule has 2 aromatic carbocycles. The number of anilines is 1. The van der Waals surface area contributed by atoms with Gasteiger partial charge in [0.15, 0.2) is 5.78 Å². The zero-order valence-corrected chi connectivity index (χ0v) is 10.2. The van der Waals surface area contributed by atoms with Crippen LogP contribution in [0.4, 0.5) is 5.69 Å². The van der Waals surface area contributed by atoms with Crippen molar-refractivity contribution in [1.29, 1.82) is 0 Å². The summed E-state index contributed by atoms with van der Waals surface area (Å²) in [5.74, 6) is 0.0728. The molecule has 0 saturated heterocycles. The summed E-state index contributed by atoms with van der Waals surface area (Å²) < 4.78 is 0. The number of carbonyl (C=O) groups excluding carboxylic acids is 2. The fourth-order valence-corrected chi connectivity index (χ4v) is 2.90. The summed E-state index contributed by atoms with van der Waals surface area (Å²) >= 11 is 0. The number of nitrogens with one attached hydrogen (secondary N) is 1. The van der Waals surface area contributed by atoms with Gasteiger partial charge in [-0.1, -0.05) is 24.3 Å². The number of rotatable bonds is 0. The van der Waals surface area contributed by atoms with Crippen molar-refractivity contribution in [2.45, 2.75) is 12.8 Å². The van der Waals surface area contributed by atoms with Gasteiger partial charge in [0.2, 0.25) is 5.91 Å². The average molecular weight is 249 g/mol. The summed E-state index contributed by atoms with van der Waals surface area (Å²) in [5.41, 5.74) is 5.35. The zero-order chi connectivity index (χ0) is 13.0. The molecular weight excluding hydrogens is 238 g/mol. The minimum absolute atomic E-state index is 0.0235. The predicted octanol–water partition coefficient (Wildman–Crippen LogP) is 2.78. The van der Waals surface area contributed by atoms with Crippen molar-refractivity contribution in [3.8, 4) is 11.1 Å². The van der Waals surface area contributed by atoms with Crippen LogP contribution in [0.5, 0.6) is 0 Å². The lowest BCUT2D eigenvalue weighted by Crippen LogP contribution is -2.19. The maximum atomic E-state index is 12.3. The third-order valence-corrected chi connectivity index (χ3v) is 3.85. The second-order valence-corrected chi connectivity index (χ2v) is 4.98. The molecule has 0 radical (unpaired) electrons. The van der Waals surface area contributed by atoms with E-state index >= 15 is 0 Å². The summed E-state index contributed by atoms with van der Waals surface area (Å²) in [6.07, 6.45) is 1.26. The van der Waals surface area contributed by atoms with Gasteiger partial charge in [-0.25, -0.2) is 0 Å². The zero-order valence-electron chi connectivity index (χ0n) is 10.2. The van der Waals surface area contributed by atoms with E-state index in [2.05, 4.69) is 5.32 Å². The number of aryl methyl sites for hydroxylation is 1. The highest BCUT2D eigenvalue weighted by Gasteiger charge is 2.28. The third kappa shape index (κ3) is 1.38. The normalized spacial score (nSPS) is 15.6. The van der Waals surface area contributed by atoms with E-state index in [4.69, 9.17) is 0 Å². The molecule has 2 aromatic rings. The Morgan fingerprint density at radius 1 is 0.842 bits per heavy atom. The fourth-order valence-electron chi connectivity index (χ4n) is 2.90. The van der Waals surface area contributed by atoms with E-state index < -0.39 is 0 Å². The standard InChI is InChI=1S/C16H11NO2/c18-15-6-5-9-7-12-10-3-1-2-4-11(10)16(19)13(12)8-14(9)17-15/h1-4,7-8H,5-6H2,(H,17,18). The van der Waals surface area contributed by atoms with E-state index in [-0.39, 0.29) is 11.7 Å². The molecular formula is C16H11NO2. The van der Waals surface area contributed by atoms with Crippen molar-refractivity contribution in [2.75, 3.05) is 5.32 Å². The topological polar surface area (TPSA) is 46.2 Å². The molecule has 0 spiro atoms. The van der Waals surface area contributed by atoms with E-state index in [9.17, 15) is 9.59 Å². The Hall–Kier alpha value is -2.42. The van der Waals surface area contributed by atoms with Gasteiger partial charge in [-0.15, -0.1) is 0 Å². The number of carbonyl (C=O) groups is 2. The number of amides is 1. The van der Waals surface area contributed by atoms with Crippen LogP contribution in [0.1, 0.15) is 27.9 Å². The lowest BCUT2D eigenvalue weighted by atomic mass is 9.96. The molecule has 1 amide bonds. The van der Waals surface area contributed by atoms with Gasteiger partial charge in [-0.05, 0) is 35.2 Å². The van der Waals surface area contributed by atoms with Crippen LogP contribution >= 0.6 is 0 Å². The van der Waals surface area contributed by atoms with Crippen molar-refractivity contribution < 1.29 is 9.59 Å². The van der Waals surface area contributed by atoms with Gasteiger partial charge < -0.3 is 5.32 Å². The second-order valence-electron chi connectivity index (χ2n) is 4.98.